The Morgan fingerprint density at radius 2 is 2.05 bits per heavy atom. The molecule has 0 radical (unpaired) electrons. The number of ketones is 1. The summed E-state index contributed by atoms with van der Waals surface area (Å²) in [6.45, 7) is 7.24. The molecule has 1 aliphatic heterocycles. The van der Waals surface area contributed by atoms with Crippen molar-refractivity contribution in [1.82, 2.24) is 9.97 Å². The van der Waals surface area contributed by atoms with Gasteiger partial charge in [0.2, 0.25) is 5.91 Å². The van der Waals surface area contributed by atoms with Gasteiger partial charge in [-0.3, -0.25) is 9.59 Å². The number of rotatable bonds is 2. The standard InChI is InChI=1S/C15H17N3O2/c1-7(2)13-16-11-5-9-10(6-12(11)17-13)18-14(20)15(9,4)8(3)19/h5-7H,1-4H3,(H,16,17)(H,18,20). The van der Waals surface area contributed by atoms with Crippen molar-refractivity contribution in [3.8, 4) is 0 Å². The van der Waals surface area contributed by atoms with Crippen LogP contribution in [0.5, 0.6) is 0 Å². The highest BCUT2D eigenvalue weighted by Crippen LogP contribution is 2.40. The first kappa shape index (κ1) is 12.8. The van der Waals surface area contributed by atoms with Crippen molar-refractivity contribution in [2.75, 3.05) is 5.32 Å². The Morgan fingerprint density at radius 1 is 1.35 bits per heavy atom. The van der Waals surface area contributed by atoms with E-state index in [2.05, 4.69) is 29.1 Å². The SMILES string of the molecule is CC(=O)C1(C)C(=O)Nc2cc3nc(C(C)C)[nH]c3cc21. The first-order chi connectivity index (χ1) is 9.34. The molecule has 0 spiro atoms. The van der Waals surface area contributed by atoms with E-state index in [9.17, 15) is 9.59 Å². The molecular formula is C15H17N3O2. The van der Waals surface area contributed by atoms with Crippen molar-refractivity contribution in [3.63, 3.8) is 0 Å². The molecule has 1 atom stereocenters. The molecule has 0 saturated heterocycles. The fraction of sp³-hybridized carbons (Fsp3) is 0.400. The van der Waals surface area contributed by atoms with Crippen LogP contribution in [-0.2, 0) is 15.0 Å². The Labute approximate surface area is 116 Å². The highest BCUT2D eigenvalue weighted by molar-refractivity contribution is 6.21. The van der Waals surface area contributed by atoms with Crippen LogP contribution in [-0.4, -0.2) is 21.7 Å². The van der Waals surface area contributed by atoms with Gasteiger partial charge in [-0.1, -0.05) is 13.8 Å². The number of carbonyl (C=O) groups excluding carboxylic acids is 2. The molecule has 5 heteroatoms. The summed E-state index contributed by atoms with van der Waals surface area (Å²) in [7, 11) is 0. The number of amides is 1. The molecule has 104 valence electrons. The third-order valence-electron chi connectivity index (χ3n) is 4.13. The summed E-state index contributed by atoms with van der Waals surface area (Å²) in [5.74, 6) is 0.777. The van der Waals surface area contributed by atoms with Crippen LogP contribution in [0.1, 0.15) is 45.0 Å². The van der Waals surface area contributed by atoms with Crippen LogP contribution >= 0.6 is 0 Å². The molecule has 1 aromatic heterocycles. The van der Waals surface area contributed by atoms with Crippen molar-refractivity contribution < 1.29 is 9.59 Å². The van der Waals surface area contributed by atoms with Gasteiger partial charge in [-0.05, 0) is 26.0 Å². The topological polar surface area (TPSA) is 74.8 Å². The number of Topliss-reactive ketones (excluding diaryl/α,β-unsaturated/α-hetero) is 1. The highest BCUT2D eigenvalue weighted by atomic mass is 16.2. The summed E-state index contributed by atoms with van der Waals surface area (Å²) in [5, 5.41) is 2.79. The van der Waals surface area contributed by atoms with E-state index < -0.39 is 5.41 Å². The summed E-state index contributed by atoms with van der Waals surface area (Å²) in [4.78, 5) is 31.8. The predicted octanol–water partition coefficient (Wildman–Crippen LogP) is 2.49. The van der Waals surface area contributed by atoms with Crippen LogP contribution < -0.4 is 5.32 Å². The summed E-state index contributed by atoms with van der Waals surface area (Å²) >= 11 is 0. The monoisotopic (exact) mass is 271 g/mol. The largest absolute Gasteiger partial charge is 0.342 e. The average Bonchev–Trinajstić information content (AvgIpc) is 2.88. The number of aromatic amines is 1. The van der Waals surface area contributed by atoms with Gasteiger partial charge in [0.15, 0.2) is 0 Å². The van der Waals surface area contributed by atoms with Gasteiger partial charge in [-0.15, -0.1) is 0 Å². The van der Waals surface area contributed by atoms with Crippen LogP contribution in [0, 0.1) is 0 Å². The molecule has 1 aliphatic rings. The van der Waals surface area contributed by atoms with Gasteiger partial charge in [-0.2, -0.15) is 0 Å². The molecule has 1 amide bonds. The first-order valence-electron chi connectivity index (χ1n) is 6.70. The number of fused-ring (bicyclic) bond motifs is 2. The van der Waals surface area contributed by atoms with Crippen molar-refractivity contribution in [2.24, 2.45) is 0 Å². The summed E-state index contributed by atoms with van der Waals surface area (Å²) < 4.78 is 0. The fourth-order valence-corrected chi connectivity index (χ4v) is 2.59. The Bertz CT molecular complexity index is 745. The third-order valence-corrected chi connectivity index (χ3v) is 4.13. The molecule has 1 unspecified atom stereocenters. The van der Waals surface area contributed by atoms with Crippen LogP contribution in [0.3, 0.4) is 0 Å². The maximum absolute atomic E-state index is 12.1. The molecule has 0 fully saturated rings. The molecule has 1 aromatic carbocycles. The van der Waals surface area contributed by atoms with Crippen LogP contribution in [0.4, 0.5) is 5.69 Å². The number of hydrogen-bond acceptors (Lipinski definition) is 3. The van der Waals surface area contributed by atoms with E-state index in [-0.39, 0.29) is 11.7 Å². The Hall–Kier alpha value is -2.17. The minimum absolute atomic E-state index is 0.156. The van der Waals surface area contributed by atoms with Crippen LogP contribution in [0.15, 0.2) is 12.1 Å². The van der Waals surface area contributed by atoms with Crippen molar-refractivity contribution in [1.29, 1.82) is 0 Å². The van der Waals surface area contributed by atoms with E-state index >= 15 is 0 Å². The third kappa shape index (κ3) is 1.52. The fourth-order valence-electron chi connectivity index (χ4n) is 2.59. The summed E-state index contributed by atoms with van der Waals surface area (Å²) in [6, 6.07) is 3.70. The maximum atomic E-state index is 12.1. The molecule has 3 rings (SSSR count). The van der Waals surface area contributed by atoms with Gasteiger partial charge < -0.3 is 10.3 Å². The zero-order chi connectivity index (χ0) is 14.7. The van der Waals surface area contributed by atoms with Crippen molar-refractivity contribution in [3.05, 3.63) is 23.5 Å². The number of H-pyrrole nitrogens is 1. The predicted molar refractivity (Wildman–Crippen MR) is 76.8 cm³/mol. The Balaban J connectivity index is 2.25. The van der Waals surface area contributed by atoms with E-state index in [1.54, 1.807) is 6.92 Å². The van der Waals surface area contributed by atoms with Crippen LogP contribution in [0.2, 0.25) is 0 Å². The molecule has 0 saturated carbocycles. The second-order valence-electron chi connectivity index (χ2n) is 5.83. The van der Waals surface area contributed by atoms with Crippen LogP contribution in [0.25, 0.3) is 11.0 Å². The van der Waals surface area contributed by atoms with E-state index in [0.717, 1.165) is 22.4 Å². The normalized spacial score (nSPS) is 21.4. The molecule has 20 heavy (non-hydrogen) atoms. The number of benzene rings is 1. The lowest BCUT2D eigenvalue weighted by Gasteiger charge is -2.17. The zero-order valence-electron chi connectivity index (χ0n) is 12.0. The number of nitrogens with zero attached hydrogens (tertiary/aromatic N) is 1. The number of nitrogens with one attached hydrogen (secondary N) is 2. The van der Waals surface area contributed by atoms with Crippen molar-refractivity contribution >= 4 is 28.4 Å². The highest BCUT2D eigenvalue weighted by Gasteiger charge is 2.47. The summed E-state index contributed by atoms with van der Waals surface area (Å²) in [6.07, 6.45) is 0. The van der Waals surface area contributed by atoms with Gasteiger partial charge in [0.1, 0.15) is 17.0 Å². The maximum Gasteiger partial charge on any atom is 0.242 e. The van der Waals surface area contributed by atoms with Gasteiger partial charge in [0.05, 0.1) is 11.0 Å². The number of carbonyl (C=O) groups is 2. The summed E-state index contributed by atoms with van der Waals surface area (Å²) in [5.41, 5.74) is 1.97. The molecular weight excluding hydrogens is 254 g/mol. The second kappa shape index (κ2) is 3.91. The first-order valence-corrected chi connectivity index (χ1v) is 6.70. The zero-order valence-corrected chi connectivity index (χ0v) is 12.0. The lowest BCUT2D eigenvalue weighted by Crippen LogP contribution is -2.37. The quantitative estimate of drug-likeness (QED) is 0.824. The molecule has 2 aromatic rings. The lowest BCUT2D eigenvalue weighted by molar-refractivity contribution is -0.130. The van der Waals surface area contributed by atoms with Crippen molar-refractivity contribution in [2.45, 2.75) is 39.0 Å². The van der Waals surface area contributed by atoms with Gasteiger partial charge in [-0.25, -0.2) is 4.98 Å². The number of anilines is 1. The van der Waals surface area contributed by atoms with E-state index in [1.807, 2.05) is 12.1 Å². The second-order valence-corrected chi connectivity index (χ2v) is 5.83. The van der Waals surface area contributed by atoms with E-state index in [1.165, 1.54) is 6.92 Å². The van der Waals surface area contributed by atoms with E-state index in [0.29, 0.717) is 11.6 Å². The molecule has 2 heterocycles. The van der Waals surface area contributed by atoms with Gasteiger partial charge >= 0.3 is 0 Å². The molecule has 0 aliphatic carbocycles. The lowest BCUT2D eigenvalue weighted by atomic mass is 9.80. The minimum Gasteiger partial charge on any atom is -0.342 e. The molecule has 2 N–H and O–H groups in total. The number of hydrogen-bond donors (Lipinski definition) is 2. The van der Waals surface area contributed by atoms with Gasteiger partial charge in [0.25, 0.3) is 0 Å². The van der Waals surface area contributed by atoms with Gasteiger partial charge in [0, 0.05) is 17.2 Å². The number of imidazole rings is 1. The Morgan fingerprint density at radius 3 is 2.65 bits per heavy atom. The molecule has 5 nitrogen and oxygen atoms in total. The average molecular weight is 271 g/mol. The molecule has 0 bridgehead atoms. The number of aromatic nitrogens is 2. The Kier molecular flexibility index (Phi) is 2.51. The van der Waals surface area contributed by atoms with E-state index in [4.69, 9.17) is 0 Å². The minimum atomic E-state index is -1.10. The smallest absolute Gasteiger partial charge is 0.242 e.